The Morgan fingerprint density at radius 3 is 2.18 bits per heavy atom. The molecule has 0 saturated heterocycles. The first kappa shape index (κ1) is 24.8. The topological polar surface area (TPSA) is 58.6 Å². The summed E-state index contributed by atoms with van der Waals surface area (Å²) in [4.78, 5) is 28.1. The van der Waals surface area contributed by atoms with Crippen LogP contribution in [0.5, 0.6) is 5.75 Å². The third-order valence-corrected chi connectivity index (χ3v) is 6.69. The van der Waals surface area contributed by atoms with E-state index in [0.29, 0.717) is 19.4 Å². The Hall–Kier alpha value is -2.82. The van der Waals surface area contributed by atoms with Crippen molar-refractivity contribution in [1.82, 2.24) is 10.2 Å². The maximum Gasteiger partial charge on any atom is 0.242 e. The van der Waals surface area contributed by atoms with E-state index in [-0.39, 0.29) is 17.9 Å². The van der Waals surface area contributed by atoms with Crippen LogP contribution in [-0.4, -0.2) is 35.9 Å². The Morgan fingerprint density at radius 1 is 0.970 bits per heavy atom. The summed E-state index contributed by atoms with van der Waals surface area (Å²) >= 11 is 0. The Balaban J connectivity index is 1.69. The quantitative estimate of drug-likeness (QED) is 0.551. The third-order valence-electron chi connectivity index (χ3n) is 6.69. The van der Waals surface area contributed by atoms with E-state index in [9.17, 15) is 9.59 Å². The van der Waals surface area contributed by atoms with Crippen LogP contribution >= 0.6 is 0 Å². The summed E-state index contributed by atoms with van der Waals surface area (Å²) in [6, 6.07) is 15.8. The maximum atomic E-state index is 13.3. The molecule has 0 bridgehead atoms. The molecule has 0 aromatic heterocycles. The summed E-state index contributed by atoms with van der Waals surface area (Å²) in [6.45, 7) is 4.38. The molecule has 0 spiro atoms. The molecule has 3 rings (SSSR count). The first-order valence-corrected chi connectivity index (χ1v) is 12.3. The number of hydrogen-bond acceptors (Lipinski definition) is 3. The smallest absolute Gasteiger partial charge is 0.242 e. The molecule has 1 fully saturated rings. The van der Waals surface area contributed by atoms with Crippen LogP contribution < -0.4 is 10.1 Å². The molecule has 1 aliphatic carbocycles. The highest BCUT2D eigenvalue weighted by molar-refractivity contribution is 5.87. The van der Waals surface area contributed by atoms with Crippen molar-refractivity contribution in [2.45, 2.75) is 83.8 Å². The molecule has 2 aromatic rings. The molecule has 1 saturated carbocycles. The van der Waals surface area contributed by atoms with Crippen molar-refractivity contribution in [3.8, 4) is 5.75 Å². The number of carbonyl (C=O) groups excluding carboxylic acids is 2. The highest BCUT2D eigenvalue weighted by Crippen LogP contribution is 2.19. The summed E-state index contributed by atoms with van der Waals surface area (Å²) in [5.74, 6) is 0.711. The predicted molar refractivity (Wildman–Crippen MR) is 132 cm³/mol. The molecule has 0 radical (unpaired) electrons. The van der Waals surface area contributed by atoms with E-state index in [2.05, 4.69) is 36.5 Å². The van der Waals surface area contributed by atoms with Gasteiger partial charge in [0.05, 0.1) is 7.11 Å². The van der Waals surface area contributed by atoms with Gasteiger partial charge in [-0.2, -0.15) is 0 Å². The van der Waals surface area contributed by atoms with Crippen LogP contribution in [0.3, 0.4) is 0 Å². The molecule has 2 aromatic carbocycles. The molecular formula is C28H38N2O3. The van der Waals surface area contributed by atoms with E-state index in [1.807, 2.05) is 31.2 Å². The first-order chi connectivity index (χ1) is 16.0. The summed E-state index contributed by atoms with van der Waals surface area (Å²) in [5, 5.41) is 3.19. The average molecular weight is 451 g/mol. The molecule has 5 heteroatoms. The molecule has 2 amide bonds. The second-order valence-corrected chi connectivity index (χ2v) is 9.06. The van der Waals surface area contributed by atoms with Crippen molar-refractivity contribution < 1.29 is 14.3 Å². The molecular weight excluding hydrogens is 412 g/mol. The lowest BCUT2D eigenvalue weighted by Gasteiger charge is -2.31. The van der Waals surface area contributed by atoms with Gasteiger partial charge in [-0.25, -0.2) is 0 Å². The van der Waals surface area contributed by atoms with Crippen LogP contribution in [0.4, 0.5) is 0 Å². The number of rotatable bonds is 10. The molecule has 0 heterocycles. The molecule has 178 valence electrons. The number of methoxy groups -OCH3 is 1. The van der Waals surface area contributed by atoms with Crippen LogP contribution in [0.25, 0.3) is 0 Å². The Morgan fingerprint density at radius 2 is 1.58 bits per heavy atom. The van der Waals surface area contributed by atoms with Gasteiger partial charge in [0.1, 0.15) is 11.8 Å². The zero-order valence-corrected chi connectivity index (χ0v) is 20.3. The van der Waals surface area contributed by atoms with Gasteiger partial charge in [0.15, 0.2) is 0 Å². The minimum Gasteiger partial charge on any atom is -0.497 e. The summed E-state index contributed by atoms with van der Waals surface area (Å²) in [7, 11) is 1.63. The lowest BCUT2D eigenvalue weighted by Crippen LogP contribution is -2.50. The highest BCUT2D eigenvalue weighted by Gasteiger charge is 2.28. The fraction of sp³-hybridized carbons (Fsp3) is 0.500. The predicted octanol–water partition coefficient (Wildman–Crippen LogP) is 5.06. The van der Waals surface area contributed by atoms with Crippen LogP contribution in [-0.2, 0) is 29.0 Å². The van der Waals surface area contributed by atoms with Gasteiger partial charge in [0.2, 0.25) is 11.8 Å². The van der Waals surface area contributed by atoms with Crippen molar-refractivity contribution in [3.63, 3.8) is 0 Å². The van der Waals surface area contributed by atoms with Gasteiger partial charge < -0.3 is 15.0 Å². The molecule has 1 aliphatic rings. The third kappa shape index (κ3) is 7.34. The summed E-state index contributed by atoms with van der Waals surface area (Å²) < 4.78 is 5.25. The molecule has 0 aliphatic heterocycles. The van der Waals surface area contributed by atoms with Gasteiger partial charge in [-0.3, -0.25) is 9.59 Å². The van der Waals surface area contributed by atoms with Gasteiger partial charge in [0.25, 0.3) is 0 Å². The van der Waals surface area contributed by atoms with Crippen molar-refractivity contribution in [2.75, 3.05) is 7.11 Å². The van der Waals surface area contributed by atoms with Crippen LogP contribution in [0.1, 0.15) is 69.1 Å². The summed E-state index contributed by atoms with van der Waals surface area (Å²) in [5.41, 5.74) is 3.41. The normalized spacial score (nSPS) is 15.0. The zero-order chi connectivity index (χ0) is 23.6. The van der Waals surface area contributed by atoms with E-state index >= 15 is 0 Å². The Bertz CT molecular complexity index is 886. The number of nitrogens with one attached hydrogen (secondary N) is 1. The van der Waals surface area contributed by atoms with Gasteiger partial charge in [0, 0.05) is 19.0 Å². The molecule has 1 unspecified atom stereocenters. The van der Waals surface area contributed by atoms with E-state index in [1.54, 1.807) is 12.0 Å². The van der Waals surface area contributed by atoms with Crippen molar-refractivity contribution in [3.05, 3.63) is 65.2 Å². The lowest BCUT2D eigenvalue weighted by atomic mass is 9.95. The Labute approximate surface area is 198 Å². The number of nitrogens with zero attached hydrogens (tertiary/aromatic N) is 1. The molecule has 5 nitrogen and oxygen atoms in total. The number of hydrogen-bond donors (Lipinski definition) is 1. The number of amides is 2. The van der Waals surface area contributed by atoms with E-state index < -0.39 is 6.04 Å². The number of aryl methyl sites for hydroxylation is 2. The van der Waals surface area contributed by atoms with Crippen molar-refractivity contribution in [2.24, 2.45) is 0 Å². The van der Waals surface area contributed by atoms with E-state index in [4.69, 9.17) is 4.74 Å². The number of carbonyl (C=O) groups is 2. The van der Waals surface area contributed by atoms with Gasteiger partial charge >= 0.3 is 0 Å². The van der Waals surface area contributed by atoms with Gasteiger partial charge in [-0.15, -0.1) is 0 Å². The standard InChI is InChI=1S/C28H38N2O3/c1-4-22-10-12-23(13-11-22)16-19-27(31)30(20-24-14-17-26(33-3)18-15-24)21(2)28(32)29-25-8-6-5-7-9-25/h10-15,17-18,21,25H,4-9,16,19-20H2,1-3H3,(H,29,32). The van der Waals surface area contributed by atoms with Crippen LogP contribution in [0, 0.1) is 0 Å². The average Bonchev–Trinajstić information content (AvgIpc) is 2.86. The Kier molecular flexibility index (Phi) is 9.35. The molecule has 33 heavy (non-hydrogen) atoms. The lowest BCUT2D eigenvalue weighted by molar-refractivity contribution is -0.141. The fourth-order valence-corrected chi connectivity index (χ4v) is 4.42. The van der Waals surface area contributed by atoms with Crippen molar-refractivity contribution in [1.29, 1.82) is 0 Å². The minimum absolute atomic E-state index is 0.00307. The van der Waals surface area contributed by atoms with Crippen molar-refractivity contribution >= 4 is 11.8 Å². The monoisotopic (exact) mass is 450 g/mol. The van der Waals surface area contributed by atoms with Crippen LogP contribution in [0.2, 0.25) is 0 Å². The first-order valence-electron chi connectivity index (χ1n) is 12.3. The fourth-order valence-electron chi connectivity index (χ4n) is 4.42. The SMILES string of the molecule is CCc1ccc(CCC(=O)N(Cc2ccc(OC)cc2)C(C)C(=O)NC2CCCCC2)cc1. The second-order valence-electron chi connectivity index (χ2n) is 9.06. The van der Waals surface area contributed by atoms with E-state index in [0.717, 1.165) is 49.0 Å². The molecule has 1 N–H and O–H groups in total. The van der Waals surface area contributed by atoms with Gasteiger partial charge in [-0.1, -0.05) is 62.6 Å². The molecule has 1 atom stereocenters. The van der Waals surface area contributed by atoms with E-state index in [1.165, 1.54) is 12.0 Å². The van der Waals surface area contributed by atoms with Gasteiger partial charge in [-0.05, 0) is 61.4 Å². The minimum atomic E-state index is -0.524. The highest BCUT2D eigenvalue weighted by atomic mass is 16.5. The summed E-state index contributed by atoms with van der Waals surface area (Å²) in [6.07, 6.45) is 7.65. The maximum absolute atomic E-state index is 13.3. The number of ether oxygens (including phenoxy) is 1. The van der Waals surface area contributed by atoms with Crippen LogP contribution in [0.15, 0.2) is 48.5 Å². The zero-order valence-electron chi connectivity index (χ0n) is 20.3. The largest absolute Gasteiger partial charge is 0.497 e. The number of benzene rings is 2. The second kappa shape index (κ2) is 12.4.